The molecule has 1 aromatic rings. The minimum absolute atomic E-state index is 0.0336. The van der Waals surface area contributed by atoms with Crippen LogP contribution in [-0.4, -0.2) is 51.2 Å². The predicted octanol–water partition coefficient (Wildman–Crippen LogP) is 2.08. The fourth-order valence-electron chi connectivity index (χ4n) is 3.59. The Morgan fingerprint density at radius 2 is 1.89 bits per heavy atom. The van der Waals surface area contributed by atoms with Crippen molar-refractivity contribution >= 4 is 15.9 Å². The van der Waals surface area contributed by atoms with Crippen LogP contribution in [0.25, 0.3) is 0 Å². The smallest absolute Gasteiger partial charge is 0.234 e. The van der Waals surface area contributed by atoms with Crippen molar-refractivity contribution in [1.29, 1.82) is 0 Å². The molecule has 0 bridgehead atoms. The molecule has 1 fully saturated rings. The molecule has 1 heterocycles. The third-order valence-corrected chi connectivity index (χ3v) is 5.52. The van der Waals surface area contributed by atoms with Crippen LogP contribution in [0.4, 0.5) is 0 Å². The molecule has 2 rings (SSSR count). The van der Waals surface area contributed by atoms with E-state index < -0.39 is 10.0 Å². The molecule has 0 spiro atoms. The van der Waals surface area contributed by atoms with Crippen molar-refractivity contribution in [1.82, 2.24) is 14.9 Å². The van der Waals surface area contributed by atoms with E-state index >= 15 is 0 Å². The third kappa shape index (κ3) is 7.99. The van der Waals surface area contributed by atoms with Crippen LogP contribution >= 0.6 is 0 Å². The van der Waals surface area contributed by atoms with Gasteiger partial charge in [0.05, 0.1) is 18.8 Å². The van der Waals surface area contributed by atoms with Gasteiger partial charge in [-0.05, 0) is 49.8 Å². The summed E-state index contributed by atoms with van der Waals surface area (Å²) < 4.78 is 25.5. The molecule has 0 aromatic heterocycles. The van der Waals surface area contributed by atoms with Gasteiger partial charge in [0.2, 0.25) is 15.9 Å². The largest absolute Gasteiger partial charge is 0.348 e. The van der Waals surface area contributed by atoms with Crippen molar-refractivity contribution in [3.05, 3.63) is 35.4 Å². The van der Waals surface area contributed by atoms with Gasteiger partial charge in [0.25, 0.3) is 0 Å². The molecule has 1 saturated heterocycles. The molecule has 1 aromatic carbocycles. The molecule has 2 atom stereocenters. The van der Waals surface area contributed by atoms with Crippen LogP contribution in [0.2, 0.25) is 0 Å². The van der Waals surface area contributed by atoms with Gasteiger partial charge < -0.3 is 5.32 Å². The molecule has 0 saturated carbocycles. The number of piperidine rings is 1. The second kappa shape index (κ2) is 9.66. The molecule has 27 heavy (non-hydrogen) atoms. The molecule has 1 aliphatic heterocycles. The molecular weight excluding hydrogens is 362 g/mol. The Morgan fingerprint density at radius 3 is 2.48 bits per heavy atom. The van der Waals surface area contributed by atoms with Gasteiger partial charge in [-0.3, -0.25) is 9.69 Å². The molecule has 2 unspecified atom stereocenters. The highest BCUT2D eigenvalue weighted by Crippen LogP contribution is 2.16. The lowest BCUT2D eigenvalue weighted by atomic mass is 10.00. The van der Waals surface area contributed by atoms with E-state index in [9.17, 15) is 13.2 Å². The number of hydrogen-bond donors (Lipinski definition) is 2. The van der Waals surface area contributed by atoms with Crippen LogP contribution in [0.5, 0.6) is 0 Å². The number of nitrogens with zero attached hydrogens (tertiary/aromatic N) is 1. The fourth-order valence-corrected chi connectivity index (χ4v) is 4.38. The van der Waals surface area contributed by atoms with E-state index in [1.165, 1.54) is 11.8 Å². The number of amides is 1. The zero-order valence-corrected chi connectivity index (χ0v) is 17.7. The first-order valence-electron chi connectivity index (χ1n) is 9.70. The molecule has 6 nitrogen and oxygen atoms in total. The number of carbonyl (C=O) groups excluding carboxylic acids is 1. The maximum absolute atomic E-state index is 12.4. The number of hydrogen-bond acceptors (Lipinski definition) is 4. The summed E-state index contributed by atoms with van der Waals surface area (Å²) >= 11 is 0. The van der Waals surface area contributed by atoms with Gasteiger partial charge in [-0.1, -0.05) is 38.1 Å². The van der Waals surface area contributed by atoms with Gasteiger partial charge in [0.15, 0.2) is 0 Å². The SMILES string of the molecule is CC(C)Cc1ccc(C(C)NC(=O)CN2CCCC(NS(C)(=O)=O)C2)cc1. The molecular formula is C20H33N3O3S. The van der Waals surface area contributed by atoms with Crippen molar-refractivity contribution in [2.75, 3.05) is 25.9 Å². The van der Waals surface area contributed by atoms with Crippen molar-refractivity contribution in [3.8, 4) is 0 Å². The standard InChI is InChI=1S/C20H33N3O3S/c1-15(2)12-17-7-9-18(10-8-17)16(3)21-20(24)14-23-11-5-6-19(13-23)22-27(4,25)26/h7-10,15-16,19,22H,5-6,11-14H2,1-4H3,(H,21,24). The van der Waals surface area contributed by atoms with Gasteiger partial charge >= 0.3 is 0 Å². The van der Waals surface area contributed by atoms with Crippen LogP contribution in [-0.2, 0) is 21.2 Å². The zero-order chi connectivity index (χ0) is 20.0. The maximum Gasteiger partial charge on any atom is 0.234 e. The Labute approximate surface area is 163 Å². The van der Waals surface area contributed by atoms with Crippen LogP contribution in [0.15, 0.2) is 24.3 Å². The first-order chi connectivity index (χ1) is 12.6. The van der Waals surface area contributed by atoms with Crippen molar-refractivity contribution in [3.63, 3.8) is 0 Å². The van der Waals surface area contributed by atoms with Crippen LogP contribution < -0.4 is 10.0 Å². The fraction of sp³-hybridized carbons (Fsp3) is 0.650. The van der Waals surface area contributed by atoms with E-state index in [-0.39, 0.29) is 24.5 Å². The summed E-state index contributed by atoms with van der Waals surface area (Å²) in [5.41, 5.74) is 2.40. The monoisotopic (exact) mass is 395 g/mol. The van der Waals surface area contributed by atoms with E-state index in [0.29, 0.717) is 12.5 Å². The van der Waals surface area contributed by atoms with E-state index in [1.807, 2.05) is 11.8 Å². The van der Waals surface area contributed by atoms with Crippen molar-refractivity contribution in [2.24, 2.45) is 5.92 Å². The van der Waals surface area contributed by atoms with Gasteiger partial charge in [-0.2, -0.15) is 0 Å². The average molecular weight is 396 g/mol. The first-order valence-corrected chi connectivity index (χ1v) is 11.6. The second-order valence-corrected chi connectivity index (χ2v) is 9.87. The Hall–Kier alpha value is -1.44. The quantitative estimate of drug-likeness (QED) is 0.706. The highest BCUT2D eigenvalue weighted by atomic mass is 32.2. The van der Waals surface area contributed by atoms with Crippen LogP contribution in [0, 0.1) is 5.92 Å². The van der Waals surface area contributed by atoms with Crippen molar-refractivity contribution in [2.45, 2.75) is 52.1 Å². The minimum atomic E-state index is -3.22. The summed E-state index contributed by atoms with van der Waals surface area (Å²) in [5.74, 6) is 0.590. The molecule has 0 aliphatic carbocycles. The Morgan fingerprint density at radius 1 is 1.22 bits per heavy atom. The molecule has 7 heteroatoms. The lowest BCUT2D eigenvalue weighted by molar-refractivity contribution is -0.123. The van der Waals surface area contributed by atoms with E-state index in [2.05, 4.69) is 48.2 Å². The predicted molar refractivity (Wildman–Crippen MR) is 109 cm³/mol. The zero-order valence-electron chi connectivity index (χ0n) is 16.9. The topological polar surface area (TPSA) is 78.5 Å². The van der Waals surface area contributed by atoms with Crippen molar-refractivity contribution < 1.29 is 13.2 Å². The number of sulfonamides is 1. The van der Waals surface area contributed by atoms with Gasteiger partial charge in [-0.25, -0.2) is 13.1 Å². The Bertz CT molecular complexity index is 716. The summed E-state index contributed by atoms with van der Waals surface area (Å²) in [6.07, 6.45) is 3.92. The highest BCUT2D eigenvalue weighted by molar-refractivity contribution is 7.88. The second-order valence-electron chi connectivity index (χ2n) is 8.09. The molecule has 1 amide bonds. The summed E-state index contributed by atoms with van der Waals surface area (Å²) in [6.45, 7) is 8.06. The van der Waals surface area contributed by atoms with Crippen LogP contribution in [0.1, 0.15) is 50.8 Å². The minimum Gasteiger partial charge on any atom is -0.348 e. The molecule has 152 valence electrons. The molecule has 1 aliphatic rings. The first kappa shape index (κ1) is 21.9. The molecule has 0 radical (unpaired) electrons. The number of benzene rings is 1. The number of nitrogens with one attached hydrogen (secondary N) is 2. The van der Waals surface area contributed by atoms with Gasteiger partial charge in [-0.15, -0.1) is 0 Å². The third-order valence-electron chi connectivity index (χ3n) is 4.75. The molecule has 2 N–H and O–H groups in total. The highest BCUT2D eigenvalue weighted by Gasteiger charge is 2.24. The lowest BCUT2D eigenvalue weighted by Gasteiger charge is -2.32. The van der Waals surface area contributed by atoms with Gasteiger partial charge in [0, 0.05) is 12.6 Å². The maximum atomic E-state index is 12.4. The number of likely N-dealkylation sites (tertiary alicyclic amines) is 1. The normalized spacial score (nSPS) is 19.8. The average Bonchev–Trinajstić information content (AvgIpc) is 2.53. The van der Waals surface area contributed by atoms with Gasteiger partial charge in [0.1, 0.15) is 0 Å². The number of carbonyl (C=O) groups is 1. The summed E-state index contributed by atoms with van der Waals surface area (Å²) in [4.78, 5) is 14.4. The summed E-state index contributed by atoms with van der Waals surface area (Å²) in [6, 6.07) is 8.24. The Balaban J connectivity index is 1.83. The van der Waals surface area contributed by atoms with Crippen LogP contribution in [0.3, 0.4) is 0 Å². The Kier molecular flexibility index (Phi) is 7.82. The van der Waals surface area contributed by atoms with E-state index in [0.717, 1.165) is 31.4 Å². The number of rotatable bonds is 8. The summed E-state index contributed by atoms with van der Waals surface area (Å²) in [5, 5.41) is 3.05. The van der Waals surface area contributed by atoms with E-state index in [4.69, 9.17) is 0 Å². The van der Waals surface area contributed by atoms with E-state index in [1.54, 1.807) is 0 Å². The lowest BCUT2D eigenvalue weighted by Crippen LogP contribution is -2.50. The summed E-state index contributed by atoms with van der Waals surface area (Å²) in [7, 11) is -3.22.